The molecular formula is C22H21NO4. The van der Waals surface area contributed by atoms with E-state index in [1.54, 1.807) is 0 Å². The maximum atomic E-state index is 12.8. The van der Waals surface area contributed by atoms with Gasteiger partial charge in [0.25, 0.3) is 0 Å². The Balaban J connectivity index is 1.21. The van der Waals surface area contributed by atoms with Crippen molar-refractivity contribution in [1.82, 2.24) is 0 Å². The largest absolute Gasteiger partial charge is 0.489 e. The van der Waals surface area contributed by atoms with Crippen molar-refractivity contribution >= 4 is 17.6 Å². The third kappa shape index (κ3) is 2.87. The van der Waals surface area contributed by atoms with Gasteiger partial charge in [-0.05, 0) is 48.6 Å². The van der Waals surface area contributed by atoms with Crippen LogP contribution in [0.3, 0.4) is 0 Å². The molecule has 5 rings (SSSR count). The van der Waals surface area contributed by atoms with Gasteiger partial charge in [0.2, 0.25) is 5.91 Å². The molecule has 3 fully saturated rings. The van der Waals surface area contributed by atoms with Crippen LogP contribution in [-0.2, 0) is 20.9 Å². The number of amides is 1. The molecule has 1 heterocycles. The fourth-order valence-electron chi connectivity index (χ4n) is 4.96. The molecule has 2 saturated carbocycles. The molecule has 5 atom stereocenters. The molecule has 2 aliphatic carbocycles. The van der Waals surface area contributed by atoms with Crippen LogP contribution in [-0.4, -0.2) is 18.0 Å². The molecule has 1 saturated heterocycles. The van der Waals surface area contributed by atoms with Crippen LogP contribution in [0, 0.1) is 23.7 Å². The highest BCUT2D eigenvalue weighted by Crippen LogP contribution is 2.57. The topological polar surface area (TPSA) is 64.6 Å². The van der Waals surface area contributed by atoms with E-state index in [9.17, 15) is 9.59 Å². The lowest BCUT2D eigenvalue weighted by Gasteiger charge is -2.23. The number of carbonyl (C=O) groups excluding carboxylic acids is 2. The number of nitrogens with one attached hydrogen (secondary N) is 1. The first kappa shape index (κ1) is 16.4. The molecule has 1 amide bonds. The van der Waals surface area contributed by atoms with E-state index in [0.717, 1.165) is 29.8 Å². The highest BCUT2D eigenvalue weighted by Gasteiger charge is 2.63. The number of hydrogen-bond donors (Lipinski definition) is 1. The number of anilines is 1. The molecule has 0 radical (unpaired) electrons. The minimum absolute atomic E-state index is 0.0533. The van der Waals surface area contributed by atoms with E-state index >= 15 is 0 Å². The molecule has 0 aromatic heterocycles. The predicted molar refractivity (Wildman–Crippen MR) is 98.9 cm³/mol. The van der Waals surface area contributed by atoms with Crippen LogP contribution < -0.4 is 10.1 Å². The lowest BCUT2D eigenvalue weighted by Crippen LogP contribution is -2.35. The minimum atomic E-state index is -0.254. The highest BCUT2D eigenvalue weighted by atomic mass is 16.6. The Bertz CT molecular complexity index is 862. The van der Waals surface area contributed by atoms with Crippen molar-refractivity contribution in [2.75, 3.05) is 5.32 Å². The van der Waals surface area contributed by atoms with Gasteiger partial charge in [-0.3, -0.25) is 9.59 Å². The van der Waals surface area contributed by atoms with E-state index in [0.29, 0.717) is 6.61 Å². The Kier molecular flexibility index (Phi) is 3.88. The van der Waals surface area contributed by atoms with E-state index in [-0.39, 0.29) is 41.7 Å². The minimum Gasteiger partial charge on any atom is -0.489 e. The molecule has 1 aliphatic heterocycles. The van der Waals surface area contributed by atoms with Crippen LogP contribution in [0.1, 0.15) is 18.4 Å². The van der Waals surface area contributed by atoms with Gasteiger partial charge in [0.1, 0.15) is 18.5 Å². The van der Waals surface area contributed by atoms with Crippen LogP contribution in [0.2, 0.25) is 0 Å². The molecular weight excluding hydrogens is 342 g/mol. The van der Waals surface area contributed by atoms with Gasteiger partial charge < -0.3 is 14.8 Å². The zero-order valence-corrected chi connectivity index (χ0v) is 14.8. The van der Waals surface area contributed by atoms with Crippen molar-refractivity contribution in [1.29, 1.82) is 0 Å². The summed E-state index contributed by atoms with van der Waals surface area (Å²) in [5.41, 5.74) is 1.82. The second-order valence-corrected chi connectivity index (χ2v) is 7.71. The molecule has 3 aliphatic rings. The number of rotatable bonds is 5. The number of fused-ring (bicyclic) bond motifs is 1. The third-order valence-corrected chi connectivity index (χ3v) is 6.16. The summed E-state index contributed by atoms with van der Waals surface area (Å²) < 4.78 is 11.2. The SMILES string of the molecule is O=C(Nc1ccc(OCc2ccccc2)cc1)[C@@H]1[C@H]2C[C@H]3[C@H]1C(=O)O[C@H]3C2. The first-order chi connectivity index (χ1) is 13.2. The molecule has 27 heavy (non-hydrogen) atoms. The normalized spacial score (nSPS) is 30.2. The number of hydrogen-bond acceptors (Lipinski definition) is 4. The molecule has 2 aromatic rings. The Labute approximate surface area is 157 Å². The van der Waals surface area contributed by atoms with Crippen molar-refractivity contribution < 1.29 is 19.1 Å². The molecule has 0 unspecified atom stereocenters. The van der Waals surface area contributed by atoms with Gasteiger partial charge in [0.15, 0.2) is 0 Å². The summed E-state index contributed by atoms with van der Waals surface area (Å²) in [5, 5.41) is 2.97. The van der Waals surface area contributed by atoms with E-state index in [1.165, 1.54) is 0 Å². The summed E-state index contributed by atoms with van der Waals surface area (Å²) in [4.78, 5) is 24.9. The average Bonchev–Trinajstić information content (AvgIpc) is 3.31. The van der Waals surface area contributed by atoms with Gasteiger partial charge in [0, 0.05) is 11.6 Å². The predicted octanol–water partition coefficient (Wildman–Crippen LogP) is 3.40. The van der Waals surface area contributed by atoms with E-state index in [1.807, 2.05) is 54.6 Å². The summed E-state index contributed by atoms with van der Waals surface area (Å²) in [5.74, 6) is 0.506. The van der Waals surface area contributed by atoms with Crippen LogP contribution in [0.15, 0.2) is 54.6 Å². The van der Waals surface area contributed by atoms with E-state index < -0.39 is 0 Å². The van der Waals surface area contributed by atoms with Crippen LogP contribution in [0.25, 0.3) is 0 Å². The highest BCUT2D eigenvalue weighted by molar-refractivity contribution is 5.97. The maximum Gasteiger partial charge on any atom is 0.310 e. The Morgan fingerprint density at radius 1 is 1.07 bits per heavy atom. The lowest BCUT2D eigenvalue weighted by molar-refractivity contribution is -0.145. The zero-order chi connectivity index (χ0) is 18.4. The second-order valence-electron chi connectivity index (χ2n) is 7.71. The van der Waals surface area contributed by atoms with Crippen molar-refractivity contribution in [2.24, 2.45) is 23.7 Å². The van der Waals surface area contributed by atoms with Gasteiger partial charge in [-0.1, -0.05) is 30.3 Å². The first-order valence-electron chi connectivity index (χ1n) is 9.47. The monoisotopic (exact) mass is 363 g/mol. The summed E-state index contributed by atoms with van der Waals surface area (Å²) in [6.45, 7) is 0.503. The quantitative estimate of drug-likeness (QED) is 0.827. The number of ether oxygens (including phenoxy) is 2. The summed E-state index contributed by atoms with van der Waals surface area (Å²) in [6, 6.07) is 17.3. The van der Waals surface area contributed by atoms with Crippen molar-refractivity contribution in [3.63, 3.8) is 0 Å². The van der Waals surface area contributed by atoms with Crippen molar-refractivity contribution in [3.05, 3.63) is 60.2 Å². The number of esters is 1. The summed E-state index contributed by atoms with van der Waals surface area (Å²) >= 11 is 0. The number of carbonyl (C=O) groups is 2. The van der Waals surface area contributed by atoms with Crippen molar-refractivity contribution in [2.45, 2.75) is 25.6 Å². The summed E-state index contributed by atoms with van der Waals surface area (Å²) in [6.07, 6.45) is 1.82. The average molecular weight is 363 g/mol. The van der Waals surface area contributed by atoms with Crippen molar-refractivity contribution in [3.8, 4) is 5.75 Å². The van der Waals surface area contributed by atoms with Gasteiger partial charge in [-0.2, -0.15) is 0 Å². The maximum absolute atomic E-state index is 12.8. The van der Waals surface area contributed by atoms with E-state index in [4.69, 9.17) is 9.47 Å². The molecule has 1 N–H and O–H groups in total. The molecule has 5 nitrogen and oxygen atoms in total. The van der Waals surface area contributed by atoms with Gasteiger partial charge in [-0.15, -0.1) is 0 Å². The Morgan fingerprint density at radius 3 is 2.63 bits per heavy atom. The second kappa shape index (κ2) is 6.41. The Morgan fingerprint density at radius 2 is 1.85 bits per heavy atom. The van der Waals surface area contributed by atoms with Gasteiger partial charge >= 0.3 is 5.97 Å². The first-order valence-corrected chi connectivity index (χ1v) is 9.47. The van der Waals surface area contributed by atoms with Gasteiger partial charge in [-0.25, -0.2) is 0 Å². The molecule has 138 valence electrons. The fraction of sp³-hybridized carbons (Fsp3) is 0.364. The third-order valence-electron chi connectivity index (χ3n) is 6.16. The van der Waals surface area contributed by atoms with Crippen LogP contribution in [0.4, 0.5) is 5.69 Å². The molecule has 2 bridgehead atoms. The van der Waals surface area contributed by atoms with Gasteiger partial charge in [0.05, 0.1) is 11.8 Å². The van der Waals surface area contributed by atoms with E-state index in [2.05, 4.69) is 5.32 Å². The standard InChI is InChI=1S/C22H21NO4/c24-21(19-14-10-17-18(11-14)27-22(25)20(17)19)23-15-6-8-16(9-7-15)26-12-13-4-2-1-3-5-13/h1-9,14,17-20H,10-12H2,(H,23,24)/t14-,17+,18-,19+,20+/m0/s1. The number of benzene rings is 2. The smallest absolute Gasteiger partial charge is 0.310 e. The molecule has 0 spiro atoms. The Hall–Kier alpha value is -2.82. The molecule has 2 aromatic carbocycles. The van der Waals surface area contributed by atoms with Crippen LogP contribution in [0.5, 0.6) is 5.75 Å². The lowest BCUT2D eigenvalue weighted by atomic mass is 9.79. The fourth-order valence-corrected chi connectivity index (χ4v) is 4.96. The molecule has 5 heteroatoms. The summed E-state index contributed by atoms with van der Waals surface area (Å²) in [7, 11) is 0. The van der Waals surface area contributed by atoms with Crippen LogP contribution >= 0.6 is 0 Å². The zero-order valence-electron chi connectivity index (χ0n) is 14.8.